The van der Waals surface area contributed by atoms with Crippen LogP contribution >= 0.6 is 27.7 Å². The minimum absolute atomic E-state index is 0.0420. The molecular formula is C19H16BrNO2S. The highest BCUT2D eigenvalue weighted by atomic mass is 79.9. The maximum Gasteiger partial charge on any atom is 0.262 e. The Morgan fingerprint density at radius 2 is 1.83 bits per heavy atom. The lowest BCUT2D eigenvalue weighted by Crippen LogP contribution is -2.20. The number of hydrogen-bond donors (Lipinski definition) is 1. The molecule has 3 nitrogen and oxygen atoms in total. The number of anilines is 1. The molecule has 0 spiro atoms. The second-order valence-corrected chi connectivity index (χ2v) is 6.78. The van der Waals surface area contributed by atoms with Crippen LogP contribution in [0.3, 0.4) is 0 Å². The van der Waals surface area contributed by atoms with Crippen molar-refractivity contribution < 1.29 is 9.53 Å². The van der Waals surface area contributed by atoms with Crippen molar-refractivity contribution in [3.63, 3.8) is 0 Å². The van der Waals surface area contributed by atoms with Crippen molar-refractivity contribution in [3.05, 3.63) is 65.1 Å². The second kappa shape index (κ2) is 7.73. The lowest BCUT2D eigenvalue weighted by molar-refractivity contribution is -0.118. The molecule has 0 bridgehead atoms. The van der Waals surface area contributed by atoms with E-state index in [0.29, 0.717) is 5.75 Å². The highest BCUT2D eigenvalue weighted by molar-refractivity contribution is 9.10. The van der Waals surface area contributed by atoms with Crippen molar-refractivity contribution in [2.45, 2.75) is 4.90 Å². The fraction of sp³-hybridized carbons (Fsp3) is 0.105. The van der Waals surface area contributed by atoms with Crippen LogP contribution in [0.25, 0.3) is 10.8 Å². The average Bonchev–Trinajstić information content (AvgIpc) is 2.62. The Labute approximate surface area is 153 Å². The minimum Gasteiger partial charge on any atom is -0.483 e. The van der Waals surface area contributed by atoms with E-state index in [9.17, 15) is 4.79 Å². The van der Waals surface area contributed by atoms with Gasteiger partial charge < -0.3 is 10.1 Å². The van der Waals surface area contributed by atoms with Crippen LogP contribution < -0.4 is 10.1 Å². The van der Waals surface area contributed by atoms with E-state index >= 15 is 0 Å². The van der Waals surface area contributed by atoms with Gasteiger partial charge in [-0.3, -0.25) is 4.79 Å². The van der Waals surface area contributed by atoms with Crippen molar-refractivity contribution in [1.29, 1.82) is 0 Å². The van der Waals surface area contributed by atoms with Crippen LogP contribution in [0.15, 0.2) is 70.0 Å². The molecule has 0 saturated carbocycles. The Kier molecular flexibility index (Phi) is 5.43. The van der Waals surface area contributed by atoms with E-state index in [1.165, 1.54) is 0 Å². The first-order chi connectivity index (χ1) is 11.7. The van der Waals surface area contributed by atoms with E-state index in [2.05, 4.69) is 21.2 Å². The van der Waals surface area contributed by atoms with E-state index in [0.717, 1.165) is 25.8 Å². The van der Waals surface area contributed by atoms with Crippen LogP contribution in [0, 0.1) is 0 Å². The molecule has 0 aliphatic carbocycles. The zero-order valence-corrected chi connectivity index (χ0v) is 15.5. The van der Waals surface area contributed by atoms with Gasteiger partial charge in [0.05, 0.1) is 10.2 Å². The summed E-state index contributed by atoms with van der Waals surface area (Å²) in [6.45, 7) is -0.0420. The topological polar surface area (TPSA) is 38.3 Å². The maximum atomic E-state index is 12.2. The molecule has 24 heavy (non-hydrogen) atoms. The molecule has 5 heteroatoms. The van der Waals surface area contributed by atoms with Crippen LogP contribution in [0.5, 0.6) is 5.75 Å². The molecule has 0 heterocycles. The zero-order valence-electron chi connectivity index (χ0n) is 13.1. The van der Waals surface area contributed by atoms with E-state index in [1.807, 2.05) is 66.9 Å². The molecule has 3 rings (SSSR count). The van der Waals surface area contributed by atoms with Gasteiger partial charge >= 0.3 is 0 Å². The van der Waals surface area contributed by atoms with Gasteiger partial charge in [-0.25, -0.2) is 0 Å². The van der Waals surface area contributed by atoms with Gasteiger partial charge in [-0.2, -0.15) is 0 Å². The van der Waals surface area contributed by atoms with Crippen LogP contribution in [-0.2, 0) is 4.79 Å². The highest BCUT2D eigenvalue weighted by Gasteiger charge is 2.10. The van der Waals surface area contributed by atoms with E-state index in [-0.39, 0.29) is 12.5 Å². The smallest absolute Gasteiger partial charge is 0.262 e. The minimum atomic E-state index is -0.184. The van der Waals surface area contributed by atoms with Crippen molar-refractivity contribution in [2.24, 2.45) is 0 Å². The molecule has 1 N–H and O–H groups in total. The van der Waals surface area contributed by atoms with Crippen LogP contribution in [-0.4, -0.2) is 18.8 Å². The molecule has 1 amide bonds. The number of thioether (sulfide) groups is 1. The van der Waals surface area contributed by atoms with Crippen molar-refractivity contribution in [2.75, 3.05) is 18.2 Å². The second-order valence-electron chi connectivity index (χ2n) is 5.14. The van der Waals surface area contributed by atoms with Gasteiger partial charge in [-0.1, -0.05) is 42.5 Å². The first kappa shape index (κ1) is 16.9. The molecular weight excluding hydrogens is 386 g/mol. The molecule has 3 aromatic rings. The fourth-order valence-electron chi connectivity index (χ4n) is 2.40. The SMILES string of the molecule is CSc1ccccc1NC(=O)COc1ccc2ccccc2c1Br. The van der Waals surface area contributed by atoms with Gasteiger partial charge in [0.25, 0.3) is 5.91 Å². The van der Waals surface area contributed by atoms with Gasteiger partial charge in [0.15, 0.2) is 6.61 Å². The number of benzene rings is 3. The normalized spacial score (nSPS) is 10.6. The number of halogens is 1. The number of carbonyl (C=O) groups excluding carboxylic acids is 1. The molecule has 0 aliphatic rings. The lowest BCUT2D eigenvalue weighted by Gasteiger charge is -2.12. The molecule has 0 aliphatic heterocycles. The number of amides is 1. The summed E-state index contributed by atoms with van der Waals surface area (Å²) in [6.07, 6.45) is 1.98. The van der Waals surface area contributed by atoms with Crippen molar-refractivity contribution in [3.8, 4) is 5.75 Å². The summed E-state index contributed by atoms with van der Waals surface area (Å²) >= 11 is 5.15. The highest BCUT2D eigenvalue weighted by Crippen LogP contribution is 2.33. The summed E-state index contributed by atoms with van der Waals surface area (Å²) in [7, 11) is 0. The maximum absolute atomic E-state index is 12.2. The Morgan fingerprint density at radius 1 is 1.08 bits per heavy atom. The summed E-state index contributed by atoms with van der Waals surface area (Å²) < 4.78 is 6.55. The van der Waals surface area contributed by atoms with Crippen LogP contribution in [0.1, 0.15) is 0 Å². The Bertz CT molecular complexity index is 882. The van der Waals surface area contributed by atoms with E-state index in [4.69, 9.17) is 4.74 Å². The van der Waals surface area contributed by atoms with E-state index in [1.54, 1.807) is 11.8 Å². The number of nitrogens with one attached hydrogen (secondary N) is 1. The van der Waals surface area contributed by atoms with Crippen LogP contribution in [0.4, 0.5) is 5.69 Å². The summed E-state index contributed by atoms with van der Waals surface area (Å²) in [5.74, 6) is 0.471. The standard InChI is InChI=1S/C19H16BrNO2S/c1-24-17-9-5-4-8-15(17)21-18(22)12-23-16-11-10-13-6-2-3-7-14(13)19(16)20/h2-11H,12H2,1H3,(H,21,22). The average molecular weight is 402 g/mol. The monoisotopic (exact) mass is 401 g/mol. The molecule has 3 aromatic carbocycles. The molecule has 0 unspecified atom stereocenters. The summed E-state index contributed by atoms with van der Waals surface area (Å²) in [5, 5.41) is 5.07. The first-order valence-corrected chi connectivity index (χ1v) is 9.43. The summed E-state index contributed by atoms with van der Waals surface area (Å²) in [6, 6.07) is 19.6. The first-order valence-electron chi connectivity index (χ1n) is 7.42. The van der Waals surface area contributed by atoms with Gasteiger partial charge in [-0.05, 0) is 51.2 Å². The number of para-hydroxylation sites is 1. The predicted molar refractivity (Wildman–Crippen MR) is 104 cm³/mol. The third kappa shape index (κ3) is 3.74. The summed E-state index contributed by atoms with van der Waals surface area (Å²) in [5.41, 5.74) is 0.802. The van der Waals surface area contributed by atoms with Crippen LogP contribution in [0.2, 0.25) is 0 Å². The summed E-state index contributed by atoms with van der Waals surface area (Å²) in [4.78, 5) is 13.2. The molecule has 0 radical (unpaired) electrons. The molecule has 0 saturated heterocycles. The van der Waals surface area contributed by atoms with Gasteiger partial charge in [0.2, 0.25) is 0 Å². The third-order valence-corrected chi connectivity index (χ3v) is 5.18. The van der Waals surface area contributed by atoms with Gasteiger partial charge in [-0.15, -0.1) is 11.8 Å². The Balaban J connectivity index is 1.69. The van der Waals surface area contributed by atoms with Gasteiger partial charge in [0.1, 0.15) is 5.75 Å². The third-order valence-electron chi connectivity index (χ3n) is 3.57. The molecule has 0 fully saturated rings. The Hall–Kier alpha value is -1.98. The van der Waals surface area contributed by atoms with E-state index < -0.39 is 0 Å². The number of ether oxygens (including phenoxy) is 1. The van der Waals surface area contributed by atoms with Crippen molar-refractivity contribution in [1.82, 2.24) is 0 Å². The molecule has 0 aromatic heterocycles. The largest absolute Gasteiger partial charge is 0.483 e. The molecule has 0 atom stereocenters. The quantitative estimate of drug-likeness (QED) is 0.586. The number of hydrogen-bond acceptors (Lipinski definition) is 3. The lowest BCUT2D eigenvalue weighted by atomic mass is 10.1. The predicted octanol–water partition coefficient (Wildman–Crippen LogP) is 5.34. The van der Waals surface area contributed by atoms with Crippen molar-refractivity contribution >= 4 is 50.1 Å². The number of carbonyl (C=O) groups is 1. The molecule has 122 valence electrons. The number of rotatable bonds is 5. The van der Waals surface area contributed by atoms with Gasteiger partial charge in [0, 0.05) is 4.90 Å². The Morgan fingerprint density at radius 3 is 2.67 bits per heavy atom. The number of fused-ring (bicyclic) bond motifs is 1. The zero-order chi connectivity index (χ0) is 16.9. The fourth-order valence-corrected chi connectivity index (χ4v) is 3.56.